The van der Waals surface area contributed by atoms with Crippen molar-refractivity contribution in [2.75, 3.05) is 0 Å². The van der Waals surface area contributed by atoms with E-state index in [1.54, 1.807) is 0 Å². The number of carbonyl (C=O) groups excluding carboxylic acids is 1. The molecule has 2 heterocycles. The summed E-state index contributed by atoms with van der Waals surface area (Å²) in [5.74, 6) is 0.0615. The van der Waals surface area contributed by atoms with Crippen LogP contribution in [0, 0.1) is 0 Å². The normalized spacial score (nSPS) is 14.2. The van der Waals surface area contributed by atoms with Gasteiger partial charge in [-0.25, -0.2) is 0 Å². The molecule has 134 valence electrons. The number of carbonyl (C=O) groups is 1. The van der Waals surface area contributed by atoms with Gasteiger partial charge in [-0.15, -0.1) is 0 Å². The molecule has 0 saturated carbocycles. The van der Waals surface area contributed by atoms with Crippen molar-refractivity contribution in [1.82, 2.24) is 10.3 Å². The van der Waals surface area contributed by atoms with Gasteiger partial charge in [0, 0.05) is 28.4 Å². The number of fused-ring (bicyclic) bond motifs is 10. The zero-order valence-electron chi connectivity index (χ0n) is 15.6. The second-order valence-electron chi connectivity index (χ2n) is 6.97. The Hall–Kier alpha value is -3.07. The molecule has 1 aliphatic heterocycles. The molecule has 3 aromatic carbocycles. The summed E-state index contributed by atoms with van der Waals surface area (Å²) < 4.78 is 0. The van der Waals surface area contributed by atoms with E-state index in [4.69, 9.17) is 0 Å². The third-order valence-corrected chi connectivity index (χ3v) is 5.76. The Morgan fingerprint density at radius 1 is 0.852 bits per heavy atom. The monoisotopic (exact) mass is 354 g/mol. The standard InChI is InChI=1S/C22H16N2O.C2H6/c25-22-20-16(11-23-22)14-10-9-12-5-1-2-6-13(12)18(14)21-19(20)15-7-3-4-8-17(15)24-21;1-2/h1-8,24H,9-11H2,(H,23,25);1-2H3. The Morgan fingerprint density at radius 3 is 2.52 bits per heavy atom. The van der Waals surface area contributed by atoms with E-state index in [0.717, 1.165) is 40.2 Å². The van der Waals surface area contributed by atoms with Crippen LogP contribution in [0.1, 0.15) is 40.9 Å². The highest BCUT2D eigenvalue weighted by molar-refractivity contribution is 6.23. The van der Waals surface area contributed by atoms with Gasteiger partial charge in [0.25, 0.3) is 5.91 Å². The van der Waals surface area contributed by atoms with E-state index < -0.39 is 0 Å². The summed E-state index contributed by atoms with van der Waals surface area (Å²) in [4.78, 5) is 16.2. The molecular formula is C24H22N2O. The average molecular weight is 354 g/mol. The minimum atomic E-state index is 0.0615. The van der Waals surface area contributed by atoms with Gasteiger partial charge in [-0.05, 0) is 41.2 Å². The van der Waals surface area contributed by atoms with Crippen LogP contribution >= 0.6 is 0 Å². The van der Waals surface area contributed by atoms with E-state index in [9.17, 15) is 4.79 Å². The number of amides is 1. The molecule has 0 spiro atoms. The number of hydrogen-bond acceptors (Lipinski definition) is 1. The molecule has 0 saturated heterocycles. The first-order chi connectivity index (χ1) is 13.3. The highest BCUT2D eigenvalue weighted by Gasteiger charge is 2.32. The van der Waals surface area contributed by atoms with Crippen LogP contribution in [0.2, 0.25) is 0 Å². The van der Waals surface area contributed by atoms with Crippen molar-refractivity contribution >= 4 is 27.7 Å². The van der Waals surface area contributed by atoms with E-state index in [-0.39, 0.29) is 5.91 Å². The SMILES string of the molecule is CC.O=C1NCc2c3c(c4[nH]c5ccccc5c4c21)-c1ccccc1CC3. The quantitative estimate of drug-likeness (QED) is 0.439. The predicted octanol–water partition coefficient (Wildman–Crippen LogP) is 5.36. The molecule has 1 aromatic heterocycles. The Kier molecular flexibility index (Phi) is 3.57. The van der Waals surface area contributed by atoms with Crippen molar-refractivity contribution in [3.8, 4) is 11.1 Å². The maximum absolute atomic E-state index is 12.6. The van der Waals surface area contributed by atoms with Gasteiger partial charge in [-0.1, -0.05) is 56.3 Å². The molecule has 2 N–H and O–H groups in total. The maximum Gasteiger partial charge on any atom is 0.252 e. The number of rotatable bonds is 0. The Bertz CT molecular complexity index is 1220. The molecule has 0 fully saturated rings. The summed E-state index contributed by atoms with van der Waals surface area (Å²) in [6.07, 6.45) is 2.03. The van der Waals surface area contributed by atoms with Gasteiger partial charge < -0.3 is 10.3 Å². The molecule has 3 heteroatoms. The summed E-state index contributed by atoms with van der Waals surface area (Å²) in [6.45, 7) is 4.65. The average Bonchev–Trinajstić information content (AvgIpc) is 3.30. The van der Waals surface area contributed by atoms with Gasteiger partial charge in [-0.3, -0.25) is 4.79 Å². The lowest BCUT2D eigenvalue weighted by Crippen LogP contribution is -2.12. The lowest BCUT2D eigenvalue weighted by atomic mass is 9.80. The van der Waals surface area contributed by atoms with Crippen molar-refractivity contribution in [3.05, 3.63) is 70.8 Å². The third-order valence-electron chi connectivity index (χ3n) is 5.76. The molecule has 4 aromatic rings. The maximum atomic E-state index is 12.6. The predicted molar refractivity (Wildman–Crippen MR) is 111 cm³/mol. The van der Waals surface area contributed by atoms with Gasteiger partial charge in [0.2, 0.25) is 0 Å². The Labute approximate surface area is 158 Å². The first-order valence-corrected chi connectivity index (χ1v) is 9.77. The number of benzene rings is 3. The Morgan fingerprint density at radius 2 is 1.63 bits per heavy atom. The molecule has 1 amide bonds. The van der Waals surface area contributed by atoms with Gasteiger partial charge in [-0.2, -0.15) is 0 Å². The van der Waals surface area contributed by atoms with Crippen LogP contribution in [-0.2, 0) is 19.4 Å². The first kappa shape index (κ1) is 16.1. The van der Waals surface area contributed by atoms with Crippen molar-refractivity contribution in [2.45, 2.75) is 33.2 Å². The summed E-state index contributed by atoms with van der Waals surface area (Å²) in [5, 5.41) is 5.27. The van der Waals surface area contributed by atoms with Crippen molar-refractivity contribution in [3.63, 3.8) is 0 Å². The fourth-order valence-electron chi connectivity index (χ4n) is 4.71. The minimum Gasteiger partial charge on any atom is -0.354 e. The van der Waals surface area contributed by atoms with Crippen LogP contribution in [-0.4, -0.2) is 10.9 Å². The summed E-state index contributed by atoms with van der Waals surface area (Å²) in [7, 11) is 0. The van der Waals surface area contributed by atoms with Gasteiger partial charge in [0.15, 0.2) is 0 Å². The van der Waals surface area contributed by atoms with E-state index >= 15 is 0 Å². The molecular weight excluding hydrogens is 332 g/mol. The van der Waals surface area contributed by atoms with Crippen LogP contribution in [0.3, 0.4) is 0 Å². The lowest BCUT2D eigenvalue weighted by molar-refractivity contribution is 0.0967. The van der Waals surface area contributed by atoms with Crippen LogP contribution in [0.15, 0.2) is 48.5 Å². The minimum absolute atomic E-state index is 0.0615. The Balaban J connectivity index is 0.000000777. The largest absolute Gasteiger partial charge is 0.354 e. The van der Waals surface area contributed by atoms with E-state index in [0.29, 0.717) is 6.54 Å². The molecule has 3 nitrogen and oxygen atoms in total. The highest BCUT2D eigenvalue weighted by Crippen LogP contribution is 2.45. The molecule has 1 aliphatic carbocycles. The number of aromatic nitrogens is 1. The number of nitrogens with one attached hydrogen (secondary N) is 2. The zero-order valence-corrected chi connectivity index (χ0v) is 15.6. The van der Waals surface area contributed by atoms with Gasteiger partial charge in [0.1, 0.15) is 0 Å². The molecule has 0 bridgehead atoms. The van der Waals surface area contributed by atoms with Crippen molar-refractivity contribution in [1.29, 1.82) is 0 Å². The summed E-state index contributed by atoms with van der Waals surface area (Å²) in [5.41, 5.74) is 9.62. The van der Waals surface area contributed by atoms with E-state index in [2.05, 4.69) is 46.7 Å². The summed E-state index contributed by atoms with van der Waals surface area (Å²) >= 11 is 0. The number of aryl methyl sites for hydroxylation is 1. The molecule has 2 aliphatic rings. The zero-order chi connectivity index (χ0) is 18.5. The van der Waals surface area contributed by atoms with E-state index in [1.165, 1.54) is 27.8 Å². The molecule has 0 unspecified atom stereocenters. The fraction of sp³-hybridized carbons (Fsp3) is 0.208. The molecule has 6 rings (SSSR count). The van der Waals surface area contributed by atoms with Crippen molar-refractivity contribution < 1.29 is 4.79 Å². The number of aromatic amines is 1. The second kappa shape index (κ2) is 5.98. The van der Waals surface area contributed by atoms with Crippen molar-refractivity contribution in [2.24, 2.45) is 0 Å². The van der Waals surface area contributed by atoms with Gasteiger partial charge in [0.05, 0.1) is 11.1 Å². The summed E-state index contributed by atoms with van der Waals surface area (Å²) in [6, 6.07) is 17.0. The first-order valence-electron chi connectivity index (χ1n) is 9.77. The third kappa shape index (κ3) is 2.11. The molecule has 27 heavy (non-hydrogen) atoms. The fourth-order valence-corrected chi connectivity index (χ4v) is 4.71. The van der Waals surface area contributed by atoms with Crippen LogP contribution in [0.25, 0.3) is 32.9 Å². The topological polar surface area (TPSA) is 44.9 Å². The number of hydrogen-bond donors (Lipinski definition) is 2. The number of para-hydroxylation sites is 1. The molecule has 0 atom stereocenters. The molecule has 0 radical (unpaired) electrons. The lowest BCUT2D eigenvalue weighted by Gasteiger charge is -2.23. The van der Waals surface area contributed by atoms with Crippen LogP contribution < -0.4 is 5.32 Å². The number of H-pyrrole nitrogens is 1. The van der Waals surface area contributed by atoms with Gasteiger partial charge >= 0.3 is 0 Å². The van der Waals surface area contributed by atoms with E-state index in [1.807, 2.05) is 26.0 Å². The van der Waals surface area contributed by atoms with Crippen LogP contribution in [0.5, 0.6) is 0 Å². The van der Waals surface area contributed by atoms with Crippen LogP contribution in [0.4, 0.5) is 0 Å². The second-order valence-corrected chi connectivity index (χ2v) is 6.97. The smallest absolute Gasteiger partial charge is 0.252 e. The highest BCUT2D eigenvalue weighted by atomic mass is 16.1.